The Bertz CT molecular complexity index is 374. The van der Waals surface area contributed by atoms with Crippen LogP contribution in [0.1, 0.15) is 38.5 Å². The summed E-state index contributed by atoms with van der Waals surface area (Å²) in [5.41, 5.74) is 9.87. The van der Waals surface area contributed by atoms with Crippen LogP contribution < -0.4 is 16.8 Å². The molecule has 0 aromatic carbocycles. The van der Waals surface area contributed by atoms with Crippen LogP contribution in [0.5, 0.6) is 0 Å². The van der Waals surface area contributed by atoms with Gasteiger partial charge in [0, 0.05) is 12.8 Å². The molecule has 0 aromatic rings. The summed E-state index contributed by atoms with van der Waals surface area (Å²) in [5.74, 6) is -3.15. The van der Waals surface area contributed by atoms with E-state index in [0.29, 0.717) is 6.54 Å². The number of nitrogens with two attached hydrogens (primary N) is 2. The summed E-state index contributed by atoms with van der Waals surface area (Å²) in [5, 5.41) is 26.8. The van der Waals surface area contributed by atoms with E-state index < -0.39 is 30.0 Å². The number of hydrogen-bond donors (Lipinski definition) is 6. The van der Waals surface area contributed by atoms with Gasteiger partial charge in [-0.3, -0.25) is 9.59 Å². The molecule has 10 nitrogen and oxygen atoms in total. The summed E-state index contributed by atoms with van der Waals surface area (Å²) in [6, 6.07) is -2.23. The molecule has 0 aromatic heterocycles. The van der Waals surface area contributed by atoms with Gasteiger partial charge in [-0.25, -0.2) is 9.59 Å². The number of carbonyl (C=O) groups excluding carboxylic acids is 1. The number of amides is 2. The third-order valence-corrected chi connectivity index (χ3v) is 2.36. The highest BCUT2D eigenvalue weighted by Gasteiger charge is 2.19. The van der Waals surface area contributed by atoms with Gasteiger partial charge in [0.15, 0.2) is 0 Å². The first kappa shape index (κ1) is 21.9. The quantitative estimate of drug-likeness (QED) is 0.291. The smallest absolute Gasteiger partial charge is 0.326 e. The second kappa shape index (κ2) is 13.6. The fourth-order valence-electron chi connectivity index (χ4n) is 1.29. The standard InChI is InChI=1S/C6H10N2O5.C6H13NO2/c7-6(13)8-3(5(11)12)1-2-4(9)10;7-5-3-1-2-4-6(8)9/h3H,1-2H2,(H,9,10)(H,11,12)(H3,7,8,13);1-5,7H2,(H,8,9)/t3-;/m0./s1. The van der Waals surface area contributed by atoms with Gasteiger partial charge in [-0.15, -0.1) is 0 Å². The van der Waals surface area contributed by atoms with Gasteiger partial charge in [0.2, 0.25) is 0 Å². The van der Waals surface area contributed by atoms with Crippen molar-refractivity contribution in [3.63, 3.8) is 0 Å². The molecule has 0 aliphatic carbocycles. The first-order chi connectivity index (χ1) is 10.2. The van der Waals surface area contributed by atoms with Crippen molar-refractivity contribution in [2.45, 2.75) is 44.6 Å². The monoisotopic (exact) mass is 321 g/mol. The van der Waals surface area contributed by atoms with E-state index >= 15 is 0 Å². The van der Waals surface area contributed by atoms with E-state index in [2.05, 4.69) is 5.73 Å². The van der Waals surface area contributed by atoms with Crippen molar-refractivity contribution >= 4 is 23.9 Å². The summed E-state index contributed by atoms with van der Waals surface area (Å²) >= 11 is 0. The lowest BCUT2D eigenvalue weighted by Gasteiger charge is -2.10. The predicted molar refractivity (Wildman–Crippen MR) is 76.2 cm³/mol. The summed E-state index contributed by atoms with van der Waals surface area (Å²) < 4.78 is 0. The van der Waals surface area contributed by atoms with Gasteiger partial charge in [-0.2, -0.15) is 0 Å². The largest absolute Gasteiger partial charge is 0.481 e. The molecule has 0 aliphatic rings. The first-order valence-electron chi connectivity index (χ1n) is 6.63. The Morgan fingerprint density at radius 2 is 1.45 bits per heavy atom. The minimum absolute atomic E-state index is 0.187. The number of urea groups is 1. The predicted octanol–water partition coefficient (Wildman–Crippen LogP) is -0.437. The zero-order valence-electron chi connectivity index (χ0n) is 12.2. The van der Waals surface area contributed by atoms with Crippen molar-refractivity contribution in [3.05, 3.63) is 0 Å². The van der Waals surface area contributed by atoms with E-state index in [1.165, 1.54) is 0 Å². The number of nitrogens with one attached hydrogen (secondary N) is 1. The van der Waals surface area contributed by atoms with Crippen LogP contribution >= 0.6 is 0 Å². The highest BCUT2D eigenvalue weighted by atomic mass is 16.4. The number of unbranched alkanes of at least 4 members (excludes halogenated alkanes) is 2. The molecular formula is C12H23N3O7. The lowest BCUT2D eigenvalue weighted by Crippen LogP contribution is -2.43. The molecule has 0 heterocycles. The molecule has 8 N–H and O–H groups in total. The zero-order chi connectivity index (χ0) is 17.5. The molecule has 2 amide bonds. The number of carboxylic acids is 3. The van der Waals surface area contributed by atoms with Gasteiger partial charge in [-0.05, 0) is 25.8 Å². The van der Waals surface area contributed by atoms with Crippen LogP contribution in [0.4, 0.5) is 4.79 Å². The van der Waals surface area contributed by atoms with E-state index in [9.17, 15) is 19.2 Å². The molecule has 0 aliphatic heterocycles. The molecule has 0 radical (unpaired) electrons. The molecule has 0 saturated heterocycles. The van der Waals surface area contributed by atoms with Crippen LogP contribution in [0, 0.1) is 0 Å². The number of carbonyl (C=O) groups is 4. The molecule has 0 fully saturated rings. The Balaban J connectivity index is 0. The number of carboxylic acid groups (broad SMARTS) is 3. The zero-order valence-corrected chi connectivity index (χ0v) is 12.2. The van der Waals surface area contributed by atoms with Gasteiger partial charge in [0.1, 0.15) is 6.04 Å². The summed E-state index contributed by atoms with van der Waals surface area (Å²) in [6.45, 7) is 0.666. The molecule has 0 bridgehead atoms. The minimum Gasteiger partial charge on any atom is -0.481 e. The molecule has 0 saturated carbocycles. The number of rotatable bonds is 10. The van der Waals surface area contributed by atoms with Crippen LogP contribution in [-0.4, -0.2) is 51.8 Å². The van der Waals surface area contributed by atoms with Crippen LogP contribution in [0.15, 0.2) is 0 Å². The maximum atomic E-state index is 10.4. The normalized spacial score (nSPS) is 10.8. The Morgan fingerprint density at radius 3 is 1.82 bits per heavy atom. The van der Waals surface area contributed by atoms with Gasteiger partial charge in [-0.1, -0.05) is 6.42 Å². The van der Waals surface area contributed by atoms with E-state index in [1.54, 1.807) is 0 Å². The number of primary amides is 1. The Morgan fingerprint density at radius 1 is 0.909 bits per heavy atom. The van der Waals surface area contributed by atoms with Crippen molar-refractivity contribution in [2.24, 2.45) is 11.5 Å². The topological polar surface area (TPSA) is 193 Å². The highest BCUT2D eigenvalue weighted by Crippen LogP contribution is 1.97. The van der Waals surface area contributed by atoms with Gasteiger partial charge >= 0.3 is 23.9 Å². The van der Waals surface area contributed by atoms with E-state index in [1.807, 2.05) is 5.32 Å². The molecule has 0 unspecified atom stereocenters. The molecular weight excluding hydrogens is 298 g/mol. The SMILES string of the molecule is NC(=O)N[C@@H](CCC(=O)O)C(=O)O.NCCCCCC(=O)O. The van der Waals surface area contributed by atoms with Crippen molar-refractivity contribution < 1.29 is 34.5 Å². The van der Waals surface area contributed by atoms with Crippen molar-refractivity contribution in [3.8, 4) is 0 Å². The molecule has 1 atom stereocenters. The summed E-state index contributed by atoms with van der Waals surface area (Å²) in [4.78, 5) is 40.6. The third-order valence-electron chi connectivity index (χ3n) is 2.36. The molecule has 0 spiro atoms. The van der Waals surface area contributed by atoms with Crippen molar-refractivity contribution in [1.29, 1.82) is 0 Å². The van der Waals surface area contributed by atoms with Crippen LogP contribution in [0.2, 0.25) is 0 Å². The van der Waals surface area contributed by atoms with Gasteiger partial charge < -0.3 is 32.1 Å². The molecule has 128 valence electrons. The fraction of sp³-hybridized carbons (Fsp3) is 0.667. The van der Waals surface area contributed by atoms with E-state index in [4.69, 9.17) is 21.1 Å². The van der Waals surface area contributed by atoms with E-state index in [-0.39, 0.29) is 19.3 Å². The average molecular weight is 321 g/mol. The summed E-state index contributed by atoms with van der Waals surface area (Å²) in [6.07, 6.45) is 2.38. The lowest BCUT2D eigenvalue weighted by atomic mass is 10.1. The Hall–Kier alpha value is -2.36. The van der Waals surface area contributed by atoms with Crippen molar-refractivity contribution in [2.75, 3.05) is 6.54 Å². The van der Waals surface area contributed by atoms with Gasteiger partial charge in [0.25, 0.3) is 0 Å². The first-order valence-corrected chi connectivity index (χ1v) is 6.63. The van der Waals surface area contributed by atoms with Crippen molar-refractivity contribution in [1.82, 2.24) is 5.32 Å². The fourth-order valence-corrected chi connectivity index (χ4v) is 1.29. The average Bonchev–Trinajstić information content (AvgIpc) is 2.39. The summed E-state index contributed by atoms with van der Waals surface area (Å²) in [7, 11) is 0. The second-order valence-corrected chi connectivity index (χ2v) is 4.32. The van der Waals surface area contributed by atoms with E-state index in [0.717, 1.165) is 19.3 Å². The van der Waals surface area contributed by atoms with Crippen LogP contribution in [-0.2, 0) is 14.4 Å². The number of hydrogen-bond acceptors (Lipinski definition) is 5. The minimum atomic E-state index is -1.31. The molecule has 22 heavy (non-hydrogen) atoms. The molecule has 0 rings (SSSR count). The Labute approximate surface area is 127 Å². The Kier molecular flexibility index (Phi) is 13.6. The maximum Gasteiger partial charge on any atom is 0.326 e. The van der Waals surface area contributed by atoms with Crippen LogP contribution in [0.25, 0.3) is 0 Å². The number of aliphatic carboxylic acids is 3. The maximum absolute atomic E-state index is 10.4. The third kappa shape index (κ3) is 17.6. The molecule has 10 heteroatoms. The van der Waals surface area contributed by atoms with Crippen LogP contribution in [0.3, 0.4) is 0 Å². The van der Waals surface area contributed by atoms with Gasteiger partial charge in [0.05, 0.1) is 0 Å². The second-order valence-electron chi connectivity index (χ2n) is 4.32. The highest BCUT2D eigenvalue weighted by molar-refractivity contribution is 5.82. The lowest BCUT2D eigenvalue weighted by molar-refractivity contribution is -0.141.